The summed E-state index contributed by atoms with van der Waals surface area (Å²) in [4.78, 5) is 26.5. The maximum Gasteiger partial charge on any atom is 0.352 e. The second-order valence-corrected chi connectivity index (χ2v) is 7.43. The number of aromatic nitrogens is 7. The monoisotopic (exact) mass is 423 g/mol. The van der Waals surface area contributed by atoms with Crippen LogP contribution in [0.15, 0.2) is 44.6 Å². The summed E-state index contributed by atoms with van der Waals surface area (Å²) < 4.78 is 24.0. The van der Waals surface area contributed by atoms with E-state index in [1.54, 1.807) is 39.2 Å². The zero-order valence-electron chi connectivity index (χ0n) is 17.0. The fourth-order valence-corrected chi connectivity index (χ4v) is 3.69. The summed E-state index contributed by atoms with van der Waals surface area (Å²) >= 11 is 0. The summed E-state index contributed by atoms with van der Waals surface area (Å²) in [6, 6.07) is 5.80. The predicted molar refractivity (Wildman–Crippen MR) is 109 cm³/mol. The smallest absolute Gasteiger partial charge is 0.352 e. The minimum atomic E-state index is -0.416. The second-order valence-electron chi connectivity index (χ2n) is 7.43. The van der Waals surface area contributed by atoms with Crippen LogP contribution in [0.25, 0.3) is 16.8 Å². The zero-order chi connectivity index (χ0) is 21.9. The lowest BCUT2D eigenvalue weighted by Crippen LogP contribution is -2.26. The van der Waals surface area contributed by atoms with E-state index >= 15 is 0 Å². The summed E-state index contributed by atoms with van der Waals surface area (Å²) in [5, 5.41) is 12.6. The number of nitrogens with zero attached hydrogens (tertiary/aromatic N) is 7. The van der Waals surface area contributed by atoms with Crippen molar-refractivity contribution in [1.29, 1.82) is 0 Å². The molecule has 10 nitrogen and oxygen atoms in total. The molecule has 1 aromatic carbocycles. The molecule has 0 saturated heterocycles. The first kappa shape index (κ1) is 19.0. The second kappa shape index (κ2) is 6.76. The first-order chi connectivity index (χ1) is 14.8. The predicted octanol–water partition coefficient (Wildman–Crippen LogP) is 1.38. The number of rotatable bonds is 4. The van der Waals surface area contributed by atoms with Gasteiger partial charge >= 0.3 is 5.69 Å². The standard InChI is InChI=1S/C20H18FN7O3/c1-11-15(12(2)31-24-11)9-27-20(30)28-16-10-25(3)22-17(16)18(29)26(19(28)23-27)8-13-4-6-14(21)7-5-13/h4-7,10H,8-9H2,1-3H3. The van der Waals surface area contributed by atoms with Gasteiger partial charge in [0.1, 0.15) is 17.1 Å². The summed E-state index contributed by atoms with van der Waals surface area (Å²) in [6.07, 6.45) is 1.61. The van der Waals surface area contributed by atoms with Gasteiger partial charge in [0.05, 0.1) is 18.8 Å². The number of hydrogen-bond donors (Lipinski definition) is 0. The van der Waals surface area contributed by atoms with E-state index in [0.717, 1.165) is 5.56 Å². The van der Waals surface area contributed by atoms with Crippen molar-refractivity contribution >= 4 is 16.8 Å². The average molecular weight is 423 g/mol. The molecule has 0 aliphatic rings. The Morgan fingerprint density at radius 2 is 1.81 bits per heavy atom. The van der Waals surface area contributed by atoms with Crippen LogP contribution in [0.3, 0.4) is 0 Å². The molecule has 0 atom stereocenters. The minimum Gasteiger partial charge on any atom is -0.361 e. The van der Waals surface area contributed by atoms with Crippen LogP contribution in [0, 0.1) is 19.7 Å². The molecule has 0 bridgehead atoms. The van der Waals surface area contributed by atoms with Crippen LogP contribution in [0.5, 0.6) is 0 Å². The first-order valence-corrected chi connectivity index (χ1v) is 9.55. The molecule has 5 aromatic rings. The number of aryl methyl sites for hydroxylation is 3. The Morgan fingerprint density at radius 3 is 2.48 bits per heavy atom. The van der Waals surface area contributed by atoms with Crippen LogP contribution in [0.2, 0.25) is 0 Å². The molecule has 31 heavy (non-hydrogen) atoms. The fourth-order valence-electron chi connectivity index (χ4n) is 3.69. The van der Waals surface area contributed by atoms with E-state index in [2.05, 4.69) is 15.4 Å². The lowest BCUT2D eigenvalue weighted by molar-refractivity contribution is 0.391. The van der Waals surface area contributed by atoms with E-state index < -0.39 is 5.69 Å². The van der Waals surface area contributed by atoms with Gasteiger partial charge in [-0.15, -0.1) is 5.10 Å². The molecule has 0 unspecified atom stereocenters. The van der Waals surface area contributed by atoms with Crippen molar-refractivity contribution in [3.63, 3.8) is 0 Å². The normalized spacial score (nSPS) is 11.7. The third-order valence-electron chi connectivity index (χ3n) is 5.30. The Hall–Kier alpha value is -4.02. The van der Waals surface area contributed by atoms with E-state index in [4.69, 9.17) is 4.52 Å². The molecular weight excluding hydrogens is 405 g/mol. The third-order valence-corrected chi connectivity index (χ3v) is 5.30. The molecular formula is C20H18FN7O3. The van der Waals surface area contributed by atoms with E-state index in [0.29, 0.717) is 22.5 Å². The van der Waals surface area contributed by atoms with Gasteiger partial charge in [-0.05, 0) is 31.5 Å². The number of fused-ring (bicyclic) bond motifs is 3. The van der Waals surface area contributed by atoms with Gasteiger partial charge in [0, 0.05) is 18.8 Å². The highest BCUT2D eigenvalue weighted by Crippen LogP contribution is 2.15. The van der Waals surface area contributed by atoms with Crippen LogP contribution >= 0.6 is 0 Å². The summed E-state index contributed by atoms with van der Waals surface area (Å²) in [7, 11) is 1.68. The van der Waals surface area contributed by atoms with Gasteiger partial charge in [0.15, 0.2) is 5.52 Å². The molecule has 0 amide bonds. The number of hydrogen-bond acceptors (Lipinski definition) is 6. The molecule has 0 fully saturated rings. The highest BCUT2D eigenvalue weighted by Gasteiger charge is 2.21. The Balaban J connectivity index is 1.77. The van der Waals surface area contributed by atoms with Gasteiger partial charge in [-0.3, -0.25) is 14.0 Å². The molecule has 5 rings (SSSR count). The topological polar surface area (TPSA) is 105 Å². The highest BCUT2D eigenvalue weighted by molar-refractivity contribution is 5.75. The lowest BCUT2D eigenvalue weighted by Gasteiger charge is -2.07. The van der Waals surface area contributed by atoms with E-state index in [1.165, 1.54) is 30.5 Å². The molecule has 0 spiro atoms. The zero-order valence-corrected chi connectivity index (χ0v) is 17.0. The molecule has 4 heterocycles. The highest BCUT2D eigenvalue weighted by atomic mass is 19.1. The van der Waals surface area contributed by atoms with Crippen molar-refractivity contribution in [3.8, 4) is 0 Å². The van der Waals surface area contributed by atoms with Crippen molar-refractivity contribution < 1.29 is 8.91 Å². The maximum atomic E-state index is 13.3. The Morgan fingerprint density at radius 1 is 1.06 bits per heavy atom. The minimum absolute atomic E-state index is 0.108. The molecule has 0 aliphatic heterocycles. The van der Waals surface area contributed by atoms with Crippen LogP contribution in [0.4, 0.5) is 4.39 Å². The van der Waals surface area contributed by atoms with Crippen molar-refractivity contribution in [2.45, 2.75) is 26.9 Å². The van der Waals surface area contributed by atoms with Crippen LogP contribution < -0.4 is 11.2 Å². The van der Waals surface area contributed by atoms with Gasteiger partial charge in [-0.25, -0.2) is 18.3 Å². The van der Waals surface area contributed by atoms with Gasteiger partial charge in [0.2, 0.25) is 5.78 Å². The van der Waals surface area contributed by atoms with Crippen LogP contribution in [0.1, 0.15) is 22.6 Å². The summed E-state index contributed by atoms with van der Waals surface area (Å²) in [5.41, 5.74) is 1.82. The largest absolute Gasteiger partial charge is 0.361 e. The molecule has 0 radical (unpaired) electrons. The average Bonchev–Trinajstić information content (AvgIpc) is 3.38. The lowest BCUT2D eigenvalue weighted by atomic mass is 10.2. The van der Waals surface area contributed by atoms with Gasteiger partial charge in [0.25, 0.3) is 5.56 Å². The Kier molecular flexibility index (Phi) is 4.14. The van der Waals surface area contributed by atoms with Gasteiger partial charge in [-0.2, -0.15) is 5.10 Å². The van der Waals surface area contributed by atoms with Crippen LogP contribution in [-0.4, -0.2) is 33.7 Å². The maximum absolute atomic E-state index is 13.3. The van der Waals surface area contributed by atoms with Gasteiger partial charge in [-0.1, -0.05) is 17.3 Å². The Bertz CT molecular complexity index is 1550. The SMILES string of the molecule is Cc1noc(C)c1Cn1nc2n(Cc3ccc(F)cc3)c(=O)c3nn(C)cc3n2c1=O. The Labute approximate surface area is 173 Å². The molecule has 11 heteroatoms. The fraction of sp³-hybridized carbons (Fsp3) is 0.250. The van der Waals surface area contributed by atoms with Crippen molar-refractivity contribution in [2.75, 3.05) is 0 Å². The quantitative estimate of drug-likeness (QED) is 0.433. The van der Waals surface area contributed by atoms with E-state index in [9.17, 15) is 14.0 Å². The molecule has 4 aromatic heterocycles. The van der Waals surface area contributed by atoms with Crippen LogP contribution in [-0.2, 0) is 20.1 Å². The number of benzene rings is 1. The van der Waals surface area contributed by atoms with Crippen molar-refractivity contribution in [1.82, 2.24) is 33.7 Å². The van der Waals surface area contributed by atoms with Gasteiger partial charge < -0.3 is 4.52 Å². The summed E-state index contributed by atoms with van der Waals surface area (Å²) in [6.45, 7) is 3.81. The first-order valence-electron chi connectivity index (χ1n) is 9.55. The molecule has 0 saturated carbocycles. The molecule has 0 N–H and O–H groups in total. The number of halogens is 1. The van der Waals surface area contributed by atoms with E-state index in [1.807, 2.05) is 0 Å². The molecule has 158 valence electrons. The van der Waals surface area contributed by atoms with Crippen molar-refractivity contribution in [2.24, 2.45) is 7.05 Å². The molecule has 0 aliphatic carbocycles. The third kappa shape index (κ3) is 2.97. The van der Waals surface area contributed by atoms with E-state index in [-0.39, 0.29) is 35.8 Å². The van der Waals surface area contributed by atoms with Crippen molar-refractivity contribution in [3.05, 3.63) is 79.7 Å². The summed E-state index contributed by atoms with van der Waals surface area (Å²) in [5.74, 6) is 0.393.